The molecule has 1 aromatic rings. The maximum atomic E-state index is 12.7. The molecule has 0 fully saturated rings. The number of imide groups is 1. The van der Waals surface area contributed by atoms with E-state index < -0.39 is 21.8 Å². The molecule has 1 heterocycles. The van der Waals surface area contributed by atoms with Crippen LogP contribution in [0.1, 0.15) is 48.4 Å². The lowest BCUT2D eigenvalue weighted by molar-refractivity contribution is 0.0663. The van der Waals surface area contributed by atoms with Gasteiger partial charge in [-0.2, -0.15) is 0 Å². The maximum absolute atomic E-state index is 12.7. The molecule has 1 aromatic carbocycles. The van der Waals surface area contributed by atoms with Gasteiger partial charge in [-0.25, -0.2) is 12.7 Å². The highest BCUT2D eigenvalue weighted by molar-refractivity contribution is 7.89. The molecular weight excluding hydrogens is 340 g/mol. The van der Waals surface area contributed by atoms with Gasteiger partial charge in [0, 0.05) is 19.6 Å². The Balaban J connectivity index is 2.11. The van der Waals surface area contributed by atoms with Gasteiger partial charge >= 0.3 is 0 Å². The van der Waals surface area contributed by atoms with Crippen molar-refractivity contribution in [2.24, 2.45) is 11.8 Å². The average Bonchev–Trinajstić information content (AvgIpc) is 2.76. The fraction of sp³-hybridized carbons (Fsp3) is 0.556. The summed E-state index contributed by atoms with van der Waals surface area (Å²) in [6, 6.07) is 6.57. The number of amides is 2. The van der Waals surface area contributed by atoms with E-state index in [-0.39, 0.29) is 24.1 Å². The lowest BCUT2D eigenvalue weighted by atomic mass is 10.1. The molecule has 0 spiro atoms. The van der Waals surface area contributed by atoms with Crippen LogP contribution >= 0.6 is 0 Å². The van der Waals surface area contributed by atoms with Crippen molar-refractivity contribution in [3.8, 4) is 0 Å². The van der Waals surface area contributed by atoms with Crippen LogP contribution in [0.3, 0.4) is 0 Å². The molecule has 7 heteroatoms. The molecule has 1 aliphatic heterocycles. The van der Waals surface area contributed by atoms with E-state index in [4.69, 9.17) is 0 Å². The van der Waals surface area contributed by atoms with Crippen molar-refractivity contribution < 1.29 is 18.0 Å². The zero-order valence-corrected chi connectivity index (χ0v) is 16.0. The van der Waals surface area contributed by atoms with Crippen LogP contribution in [0, 0.1) is 11.8 Å². The fourth-order valence-electron chi connectivity index (χ4n) is 2.89. The lowest BCUT2D eigenvalue weighted by Crippen LogP contribution is -2.42. The van der Waals surface area contributed by atoms with Gasteiger partial charge in [-0.3, -0.25) is 14.5 Å². The number of nitrogens with zero attached hydrogens (tertiary/aromatic N) is 2. The molecule has 6 nitrogen and oxygen atoms in total. The lowest BCUT2D eigenvalue weighted by Gasteiger charge is -2.26. The monoisotopic (exact) mass is 366 g/mol. The Morgan fingerprint density at radius 2 is 1.36 bits per heavy atom. The highest BCUT2D eigenvalue weighted by Crippen LogP contribution is 2.22. The molecule has 0 aliphatic carbocycles. The third kappa shape index (κ3) is 4.46. The second-order valence-electron chi connectivity index (χ2n) is 7.23. The van der Waals surface area contributed by atoms with Gasteiger partial charge in [0.15, 0.2) is 0 Å². The zero-order chi connectivity index (χ0) is 18.8. The molecule has 2 rings (SSSR count). The quantitative estimate of drug-likeness (QED) is 0.661. The van der Waals surface area contributed by atoms with Crippen molar-refractivity contribution in [3.05, 3.63) is 35.4 Å². The average molecular weight is 366 g/mol. The van der Waals surface area contributed by atoms with Crippen LogP contribution in [0.15, 0.2) is 24.3 Å². The van der Waals surface area contributed by atoms with Gasteiger partial charge in [0.2, 0.25) is 10.0 Å². The van der Waals surface area contributed by atoms with E-state index in [9.17, 15) is 18.0 Å². The Labute approximate surface area is 149 Å². The largest absolute Gasteiger partial charge is 0.273 e. The van der Waals surface area contributed by atoms with Gasteiger partial charge < -0.3 is 0 Å². The van der Waals surface area contributed by atoms with Crippen LogP contribution in [0.25, 0.3) is 0 Å². The molecule has 0 saturated carbocycles. The third-order valence-electron chi connectivity index (χ3n) is 3.98. The molecule has 1 aliphatic rings. The minimum Gasteiger partial charge on any atom is -0.273 e. The maximum Gasteiger partial charge on any atom is 0.261 e. The summed E-state index contributed by atoms with van der Waals surface area (Å²) in [5.74, 6) is -0.691. The third-order valence-corrected chi connectivity index (χ3v) is 5.77. The van der Waals surface area contributed by atoms with Gasteiger partial charge in [-0.05, 0) is 24.0 Å². The normalized spacial score (nSPS) is 14.9. The van der Waals surface area contributed by atoms with E-state index in [0.717, 1.165) is 4.90 Å². The van der Waals surface area contributed by atoms with E-state index in [1.807, 2.05) is 27.7 Å². The Bertz CT molecular complexity index is 711. The first-order valence-corrected chi connectivity index (χ1v) is 10.2. The number of sulfonamides is 1. The Morgan fingerprint density at radius 1 is 0.920 bits per heavy atom. The van der Waals surface area contributed by atoms with Crippen LogP contribution in [0.4, 0.5) is 0 Å². The molecule has 0 radical (unpaired) electrons. The van der Waals surface area contributed by atoms with Crippen LogP contribution < -0.4 is 0 Å². The fourth-order valence-corrected chi connectivity index (χ4v) is 4.62. The molecule has 0 aromatic heterocycles. The summed E-state index contributed by atoms with van der Waals surface area (Å²) in [5.41, 5.74) is 0.678. The summed E-state index contributed by atoms with van der Waals surface area (Å²) in [7, 11) is -3.55. The highest BCUT2D eigenvalue weighted by Gasteiger charge is 2.36. The van der Waals surface area contributed by atoms with E-state index in [1.165, 1.54) is 4.31 Å². The molecule has 25 heavy (non-hydrogen) atoms. The number of rotatable bonds is 8. The smallest absolute Gasteiger partial charge is 0.261 e. The van der Waals surface area contributed by atoms with E-state index in [1.54, 1.807) is 24.3 Å². The predicted molar refractivity (Wildman–Crippen MR) is 96.8 cm³/mol. The van der Waals surface area contributed by atoms with Gasteiger partial charge in [-0.1, -0.05) is 39.8 Å². The molecular formula is C18H26N2O4S. The first kappa shape index (κ1) is 19.6. The van der Waals surface area contributed by atoms with Crippen molar-refractivity contribution in [1.29, 1.82) is 0 Å². The number of hydrogen-bond acceptors (Lipinski definition) is 4. The van der Waals surface area contributed by atoms with E-state index >= 15 is 0 Å². The topological polar surface area (TPSA) is 74.8 Å². The number of fused-ring (bicyclic) bond motifs is 1. The molecule has 0 bridgehead atoms. The number of carbonyl (C=O) groups excluding carboxylic acids is 2. The number of benzene rings is 1. The summed E-state index contributed by atoms with van der Waals surface area (Å²) >= 11 is 0. The predicted octanol–water partition coefficient (Wildman–Crippen LogP) is 2.23. The van der Waals surface area contributed by atoms with Crippen LogP contribution in [-0.2, 0) is 10.0 Å². The summed E-state index contributed by atoms with van der Waals surface area (Å²) in [5, 5.41) is 0. The summed E-state index contributed by atoms with van der Waals surface area (Å²) < 4.78 is 26.9. The van der Waals surface area contributed by atoms with Gasteiger partial charge in [0.05, 0.1) is 16.9 Å². The van der Waals surface area contributed by atoms with Crippen LogP contribution in [0.5, 0.6) is 0 Å². The molecule has 2 amide bonds. The SMILES string of the molecule is CC(C)CN(CC(C)C)S(=O)(=O)CCN1C(=O)c2ccccc2C1=O. The molecule has 0 saturated heterocycles. The first-order valence-electron chi connectivity index (χ1n) is 8.56. The van der Waals surface area contributed by atoms with Crippen LogP contribution in [-0.4, -0.2) is 54.8 Å². The van der Waals surface area contributed by atoms with Crippen molar-refractivity contribution in [1.82, 2.24) is 9.21 Å². The molecule has 0 unspecified atom stereocenters. The summed E-state index contributed by atoms with van der Waals surface area (Å²) in [4.78, 5) is 25.7. The van der Waals surface area contributed by atoms with E-state index in [2.05, 4.69) is 0 Å². The Kier molecular flexibility index (Phi) is 6.00. The Morgan fingerprint density at radius 3 is 1.76 bits per heavy atom. The second kappa shape index (κ2) is 7.66. The first-order chi connectivity index (χ1) is 11.6. The van der Waals surface area contributed by atoms with Crippen molar-refractivity contribution >= 4 is 21.8 Å². The van der Waals surface area contributed by atoms with Crippen molar-refractivity contribution in [2.45, 2.75) is 27.7 Å². The number of hydrogen-bond donors (Lipinski definition) is 0. The second-order valence-corrected chi connectivity index (χ2v) is 9.32. The van der Waals surface area contributed by atoms with Gasteiger partial charge in [0.25, 0.3) is 11.8 Å². The summed E-state index contributed by atoms with van der Waals surface area (Å²) in [6.07, 6.45) is 0. The Hall–Kier alpha value is -1.73. The van der Waals surface area contributed by atoms with Crippen molar-refractivity contribution in [2.75, 3.05) is 25.4 Å². The van der Waals surface area contributed by atoms with Gasteiger partial charge in [0.1, 0.15) is 0 Å². The molecule has 0 N–H and O–H groups in total. The van der Waals surface area contributed by atoms with E-state index in [0.29, 0.717) is 24.2 Å². The highest BCUT2D eigenvalue weighted by atomic mass is 32.2. The minimum atomic E-state index is -3.55. The van der Waals surface area contributed by atoms with Gasteiger partial charge in [-0.15, -0.1) is 0 Å². The minimum absolute atomic E-state index is 0.124. The molecule has 138 valence electrons. The van der Waals surface area contributed by atoms with Crippen molar-refractivity contribution in [3.63, 3.8) is 0 Å². The zero-order valence-electron chi connectivity index (χ0n) is 15.2. The van der Waals surface area contributed by atoms with Crippen LogP contribution in [0.2, 0.25) is 0 Å². The number of carbonyl (C=O) groups is 2. The standard InChI is InChI=1S/C18H26N2O4S/c1-13(2)11-19(12-14(3)4)25(23,24)10-9-20-17(21)15-7-5-6-8-16(15)18(20)22/h5-8,13-14H,9-12H2,1-4H3. The summed E-state index contributed by atoms with van der Waals surface area (Å²) in [6.45, 7) is 8.60. The molecule has 0 atom stereocenters.